The maximum Gasteiger partial charge on any atom is 0.306 e. The summed E-state index contributed by atoms with van der Waals surface area (Å²) in [6.07, 6.45) is 5.68. The number of carboxylic acids is 2. The van der Waals surface area contributed by atoms with Gasteiger partial charge in [0.05, 0.1) is 11.8 Å². The lowest BCUT2D eigenvalue weighted by Crippen LogP contribution is -2.36. The van der Waals surface area contributed by atoms with Crippen LogP contribution in [0.2, 0.25) is 0 Å². The molecule has 1 fully saturated rings. The summed E-state index contributed by atoms with van der Waals surface area (Å²) in [6.45, 7) is 2.02. The van der Waals surface area contributed by atoms with Gasteiger partial charge in [0, 0.05) is 0 Å². The quantitative estimate of drug-likeness (QED) is 0.751. The van der Waals surface area contributed by atoms with Crippen LogP contribution in [0.4, 0.5) is 0 Å². The van der Waals surface area contributed by atoms with E-state index < -0.39 is 23.8 Å². The van der Waals surface area contributed by atoms with Gasteiger partial charge in [-0.25, -0.2) is 0 Å². The molecule has 0 heterocycles. The minimum atomic E-state index is -0.823. The van der Waals surface area contributed by atoms with Crippen LogP contribution >= 0.6 is 0 Å². The van der Waals surface area contributed by atoms with Crippen LogP contribution in [0.15, 0.2) is 0 Å². The van der Waals surface area contributed by atoms with E-state index in [1.807, 2.05) is 6.92 Å². The fourth-order valence-corrected chi connectivity index (χ4v) is 2.89. The van der Waals surface area contributed by atoms with Gasteiger partial charge < -0.3 is 10.2 Å². The molecular weight excluding hydrogens is 220 g/mol. The van der Waals surface area contributed by atoms with E-state index in [0.29, 0.717) is 12.8 Å². The molecule has 0 aliphatic heterocycles. The Morgan fingerprint density at radius 1 is 1.24 bits per heavy atom. The van der Waals surface area contributed by atoms with E-state index in [0.717, 1.165) is 32.1 Å². The minimum absolute atomic E-state index is 0.176. The van der Waals surface area contributed by atoms with Crippen molar-refractivity contribution in [1.82, 2.24) is 0 Å². The van der Waals surface area contributed by atoms with Gasteiger partial charge in [-0.15, -0.1) is 0 Å². The third-order valence-electron chi connectivity index (χ3n) is 3.84. The highest BCUT2D eigenvalue weighted by Gasteiger charge is 2.38. The van der Waals surface area contributed by atoms with E-state index in [2.05, 4.69) is 0 Å². The average molecular weight is 242 g/mol. The molecule has 0 aromatic heterocycles. The van der Waals surface area contributed by atoms with Crippen molar-refractivity contribution in [1.29, 1.82) is 0 Å². The predicted octanol–water partition coefficient (Wildman–Crippen LogP) is 2.77. The van der Waals surface area contributed by atoms with Crippen LogP contribution < -0.4 is 0 Å². The number of unbranched alkanes of at least 4 members (excludes halogenated alkanes) is 1. The zero-order valence-electron chi connectivity index (χ0n) is 10.4. The summed E-state index contributed by atoms with van der Waals surface area (Å²) < 4.78 is 0. The topological polar surface area (TPSA) is 74.6 Å². The van der Waals surface area contributed by atoms with Gasteiger partial charge in [-0.1, -0.05) is 32.6 Å². The van der Waals surface area contributed by atoms with Crippen molar-refractivity contribution >= 4 is 11.9 Å². The summed E-state index contributed by atoms with van der Waals surface area (Å²) in [5.74, 6) is -2.75. The second-order valence-electron chi connectivity index (χ2n) is 4.98. The van der Waals surface area contributed by atoms with E-state index in [-0.39, 0.29) is 5.92 Å². The van der Waals surface area contributed by atoms with Crippen LogP contribution in [0.5, 0.6) is 0 Å². The first kappa shape index (κ1) is 14.0. The molecule has 1 rings (SSSR count). The molecule has 0 amide bonds. The number of hydrogen-bond acceptors (Lipinski definition) is 2. The van der Waals surface area contributed by atoms with Crippen LogP contribution in [-0.2, 0) is 9.59 Å². The molecule has 0 radical (unpaired) electrons. The summed E-state index contributed by atoms with van der Waals surface area (Å²) in [7, 11) is 0. The molecule has 4 heteroatoms. The van der Waals surface area contributed by atoms with Gasteiger partial charge >= 0.3 is 11.9 Å². The third-order valence-corrected chi connectivity index (χ3v) is 3.84. The number of carboxylic acid groups (broad SMARTS) is 2. The van der Waals surface area contributed by atoms with E-state index in [9.17, 15) is 19.8 Å². The van der Waals surface area contributed by atoms with Crippen molar-refractivity contribution in [3.05, 3.63) is 0 Å². The highest BCUT2D eigenvalue weighted by molar-refractivity contribution is 5.74. The van der Waals surface area contributed by atoms with Crippen LogP contribution in [0.3, 0.4) is 0 Å². The average Bonchev–Trinajstić information content (AvgIpc) is 2.29. The molecule has 0 aromatic carbocycles. The van der Waals surface area contributed by atoms with Crippen LogP contribution in [0, 0.1) is 17.8 Å². The Kier molecular flexibility index (Phi) is 5.45. The number of aliphatic carboxylic acids is 2. The lowest BCUT2D eigenvalue weighted by atomic mass is 9.71. The Morgan fingerprint density at radius 2 is 1.88 bits per heavy atom. The summed E-state index contributed by atoms with van der Waals surface area (Å²) >= 11 is 0. The molecule has 3 unspecified atom stereocenters. The number of carbonyl (C=O) groups is 2. The van der Waals surface area contributed by atoms with Gasteiger partial charge in [-0.2, -0.15) is 0 Å². The normalized spacial score (nSPS) is 26.4. The molecule has 0 aromatic rings. The second kappa shape index (κ2) is 6.62. The first-order valence-electron chi connectivity index (χ1n) is 6.53. The standard InChI is InChI=1S/C13H22O4/c1-2-3-6-10(12(14)15)9-7-4-5-8-11(9)13(16)17/h9-11H,2-8H2,1H3,(H,14,15)(H,16,17). The van der Waals surface area contributed by atoms with E-state index in [1.165, 1.54) is 0 Å². The highest BCUT2D eigenvalue weighted by Crippen LogP contribution is 2.37. The maximum atomic E-state index is 11.3. The Balaban J connectivity index is 2.74. The minimum Gasteiger partial charge on any atom is -0.481 e. The van der Waals surface area contributed by atoms with Crippen molar-refractivity contribution in [2.75, 3.05) is 0 Å². The molecule has 0 saturated heterocycles. The fourth-order valence-electron chi connectivity index (χ4n) is 2.89. The van der Waals surface area contributed by atoms with Crippen molar-refractivity contribution in [3.8, 4) is 0 Å². The summed E-state index contributed by atoms with van der Waals surface area (Å²) in [5, 5.41) is 18.4. The maximum absolute atomic E-state index is 11.3. The van der Waals surface area contributed by atoms with E-state index in [1.54, 1.807) is 0 Å². The van der Waals surface area contributed by atoms with Gasteiger partial charge in [0.15, 0.2) is 0 Å². The van der Waals surface area contributed by atoms with Crippen molar-refractivity contribution in [2.45, 2.75) is 51.9 Å². The molecule has 1 aliphatic rings. The summed E-state index contributed by atoms with van der Waals surface area (Å²) in [5.41, 5.74) is 0. The zero-order chi connectivity index (χ0) is 12.8. The lowest BCUT2D eigenvalue weighted by Gasteiger charge is -2.32. The van der Waals surface area contributed by atoms with Crippen LogP contribution in [0.1, 0.15) is 51.9 Å². The molecule has 4 nitrogen and oxygen atoms in total. The van der Waals surface area contributed by atoms with Crippen LogP contribution in [-0.4, -0.2) is 22.2 Å². The van der Waals surface area contributed by atoms with Gasteiger partial charge in [-0.05, 0) is 25.2 Å². The Morgan fingerprint density at radius 3 is 2.41 bits per heavy atom. The molecule has 98 valence electrons. The van der Waals surface area contributed by atoms with E-state index in [4.69, 9.17) is 0 Å². The molecule has 0 spiro atoms. The second-order valence-corrected chi connectivity index (χ2v) is 4.98. The molecule has 17 heavy (non-hydrogen) atoms. The Labute approximate surface area is 102 Å². The van der Waals surface area contributed by atoms with E-state index >= 15 is 0 Å². The van der Waals surface area contributed by atoms with Crippen molar-refractivity contribution in [2.24, 2.45) is 17.8 Å². The smallest absolute Gasteiger partial charge is 0.306 e. The number of hydrogen-bond donors (Lipinski definition) is 2. The molecule has 1 saturated carbocycles. The van der Waals surface area contributed by atoms with Gasteiger partial charge in [0.2, 0.25) is 0 Å². The monoisotopic (exact) mass is 242 g/mol. The molecule has 2 N–H and O–H groups in total. The first-order chi connectivity index (χ1) is 8.07. The third kappa shape index (κ3) is 3.72. The number of rotatable bonds is 6. The summed E-state index contributed by atoms with van der Waals surface area (Å²) in [6, 6.07) is 0. The summed E-state index contributed by atoms with van der Waals surface area (Å²) in [4.78, 5) is 22.5. The molecule has 1 aliphatic carbocycles. The highest BCUT2D eigenvalue weighted by atomic mass is 16.4. The fraction of sp³-hybridized carbons (Fsp3) is 0.846. The van der Waals surface area contributed by atoms with Crippen molar-refractivity contribution < 1.29 is 19.8 Å². The lowest BCUT2D eigenvalue weighted by molar-refractivity contribution is -0.151. The Hall–Kier alpha value is -1.06. The van der Waals surface area contributed by atoms with Gasteiger partial charge in [-0.3, -0.25) is 9.59 Å². The Bertz CT molecular complexity index is 275. The van der Waals surface area contributed by atoms with Crippen molar-refractivity contribution in [3.63, 3.8) is 0 Å². The molecular formula is C13H22O4. The van der Waals surface area contributed by atoms with Crippen LogP contribution in [0.25, 0.3) is 0 Å². The SMILES string of the molecule is CCCCC(C(=O)O)C1CCCCC1C(=O)O. The van der Waals surface area contributed by atoms with Gasteiger partial charge in [0.25, 0.3) is 0 Å². The van der Waals surface area contributed by atoms with Gasteiger partial charge in [0.1, 0.15) is 0 Å². The largest absolute Gasteiger partial charge is 0.481 e. The first-order valence-corrected chi connectivity index (χ1v) is 6.53. The predicted molar refractivity (Wildman–Crippen MR) is 63.7 cm³/mol. The zero-order valence-corrected chi connectivity index (χ0v) is 10.4. The molecule has 3 atom stereocenters. The molecule has 0 bridgehead atoms.